The maximum atomic E-state index is 14.1. The monoisotopic (exact) mass is 430 g/mol. The molecule has 4 nitrogen and oxygen atoms in total. The molecule has 0 amide bonds. The van der Waals surface area contributed by atoms with Gasteiger partial charge in [-0.3, -0.25) is 9.55 Å². The van der Waals surface area contributed by atoms with Crippen molar-refractivity contribution in [2.45, 2.75) is 10.9 Å². The first-order valence-corrected chi connectivity index (χ1v) is 10.1. The van der Waals surface area contributed by atoms with Crippen molar-refractivity contribution in [3.05, 3.63) is 88.3 Å². The van der Waals surface area contributed by atoms with Gasteiger partial charge in [0.25, 0.3) is 0 Å². The summed E-state index contributed by atoms with van der Waals surface area (Å²) in [4.78, 5) is 4.37. The van der Waals surface area contributed by atoms with E-state index in [1.54, 1.807) is 30.5 Å². The third kappa shape index (κ3) is 3.90. The summed E-state index contributed by atoms with van der Waals surface area (Å²) in [6.07, 6.45) is 1.70. The average molecular weight is 431 g/mol. The summed E-state index contributed by atoms with van der Waals surface area (Å²) in [7, 11) is 0. The molecule has 0 saturated heterocycles. The van der Waals surface area contributed by atoms with Gasteiger partial charge in [-0.15, -0.1) is 10.2 Å². The molecule has 0 atom stereocenters. The molecular formula is C20H13Cl2FN4S. The Morgan fingerprint density at radius 1 is 0.929 bits per heavy atom. The molecule has 2 aromatic carbocycles. The molecule has 0 spiro atoms. The zero-order valence-corrected chi connectivity index (χ0v) is 16.7. The Bertz CT molecular complexity index is 1080. The van der Waals surface area contributed by atoms with Gasteiger partial charge in [0, 0.05) is 33.2 Å². The molecule has 8 heteroatoms. The standard InChI is InChI=1S/C20H13Cl2FN4S/c21-13-7-9-14(10-8-13)27-19(18-6-1-2-11-24-18)25-26-20(27)28-12-15-16(22)4-3-5-17(15)23/h1-11H,12H2. The fraction of sp³-hybridized carbons (Fsp3) is 0.0500. The van der Waals surface area contributed by atoms with Gasteiger partial charge in [0.1, 0.15) is 11.5 Å². The Balaban J connectivity index is 1.75. The van der Waals surface area contributed by atoms with E-state index in [1.807, 2.05) is 34.9 Å². The van der Waals surface area contributed by atoms with E-state index in [0.29, 0.717) is 38.0 Å². The lowest BCUT2D eigenvalue weighted by Crippen LogP contribution is -2.01. The van der Waals surface area contributed by atoms with Crippen LogP contribution >= 0.6 is 35.0 Å². The Hall–Kier alpha value is -2.41. The second-order valence-corrected chi connectivity index (χ2v) is 7.61. The first-order chi connectivity index (χ1) is 13.6. The van der Waals surface area contributed by atoms with Crippen molar-refractivity contribution in [2.24, 2.45) is 0 Å². The minimum atomic E-state index is -0.345. The van der Waals surface area contributed by atoms with Gasteiger partial charge in [-0.05, 0) is 48.5 Å². The van der Waals surface area contributed by atoms with Crippen LogP contribution in [0.3, 0.4) is 0 Å². The molecule has 0 radical (unpaired) electrons. The average Bonchev–Trinajstić information content (AvgIpc) is 3.13. The van der Waals surface area contributed by atoms with Crippen molar-refractivity contribution in [2.75, 3.05) is 0 Å². The lowest BCUT2D eigenvalue weighted by molar-refractivity contribution is 0.617. The summed E-state index contributed by atoms with van der Waals surface area (Å²) < 4.78 is 16.0. The number of halogens is 3. The van der Waals surface area contributed by atoms with Crippen LogP contribution in [0.25, 0.3) is 17.2 Å². The van der Waals surface area contributed by atoms with Gasteiger partial charge in [-0.1, -0.05) is 47.1 Å². The van der Waals surface area contributed by atoms with Gasteiger partial charge in [0.15, 0.2) is 11.0 Å². The molecule has 0 fully saturated rings. The maximum Gasteiger partial charge on any atom is 0.196 e. The molecule has 4 aromatic rings. The smallest absolute Gasteiger partial charge is 0.196 e. The summed E-state index contributed by atoms with van der Waals surface area (Å²) in [5.74, 6) is 0.562. The molecule has 0 bridgehead atoms. The van der Waals surface area contributed by atoms with E-state index < -0.39 is 0 Å². The highest BCUT2D eigenvalue weighted by Crippen LogP contribution is 2.32. The number of nitrogens with zero attached hydrogens (tertiary/aromatic N) is 4. The largest absolute Gasteiger partial charge is 0.269 e. The molecular weight excluding hydrogens is 418 g/mol. The van der Waals surface area contributed by atoms with Gasteiger partial charge in [0.2, 0.25) is 0 Å². The summed E-state index contributed by atoms with van der Waals surface area (Å²) >= 11 is 13.5. The van der Waals surface area contributed by atoms with Crippen molar-refractivity contribution in [1.82, 2.24) is 19.7 Å². The van der Waals surface area contributed by atoms with Crippen molar-refractivity contribution in [3.8, 4) is 17.2 Å². The zero-order valence-electron chi connectivity index (χ0n) is 14.4. The third-order valence-corrected chi connectivity index (χ3v) is 5.58. The first kappa shape index (κ1) is 18.9. The number of aromatic nitrogens is 4. The van der Waals surface area contributed by atoms with Gasteiger partial charge in [-0.25, -0.2) is 4.39 Å². The SMILES string of the molecule is Fc1cccc(Cl)c1CSc1nnc(-c2ccccn2)n1-c1ccc(Cl)cc1. The van der Waals surface area contributed by atoms with Crippen molar-refractivity contribution in [3.63, 3.8) is 0 Å². The van der Waals surface area contributed by atoms with Crippen LogP contribution < -0.4 is 0 Å². The van der Waals surface area contributed by atoms with Crippen molar-refractivity contribution < 1.29 is 4.39 Å². The van der Waals surface area contributed by atoms with E-state index in [0.717, 1.165) is 5.69 Å². The van der Waals surface area contributed by atoms with E-state index in [1.165, 1.54) is 17.8 Å². The van der Waals surface area contributed by atoms with Crippen LogP contribution in [0.5, 0.6) is 0 Å². The number of pyridine rings is 1. The Labute approximate surface area is 175 Å². The molecule has 28 heavy (non-hydrogen) atoms. The van der Waals surface area contributed by atoms with E-state index in [9.17, 15) is 4.39 Å². The minimum Gasteiger partial charge on any atom is -0.269 e. The molecule has 140 valence electrons. The van der Waals surface area contributed by atoms with Crippen molar-refractivity contribution >= 4 is 35.0 Å². The Morgan fingerprint density at radius 2 is 1.75 bits per heavy atom. The molecule has 0 aliphatic rings. The quantitative estimate of drug-likeness (QED) is 0.360. The lowest BCUT2D eigenvalue weighted by atomic mass is 10.2. The highest BCUT2D eigenvalue weighted by molar-refractivity contribution is 7.98. The summed E-state index contributed by atoms with van der Waals surface area (Å²) in [5.41, 5.74) is 1.94. The van der Waals surface area contributed by atoms with E-state index in [-0.39, 0.29) is 5.82 Å². The number of rotatable bonds is 5. The number of benzene rings is 2. The van der Waals surface area contributed by atoms with E-state index in [2.05, 4.69) is 15.2 Å². The van der Waals surface area contributed by atoms with E-state index >= 15 is 0 Å². The van der Waals surface area contributed by atoms with Crippen LogP contribution in [0, 0.1) is 5.82 Å². The topological polar surface area (TPSA) is 43.6 Å². The Morgan fingerprint density at radius 3 is 2.46 bits per heavy atom. The summed E-state index contributed by atoms with van der Waals surface area (Å²) in [6, 6.07) is 17.6. The van der Waals surface area contributed by atoms with Crippen LogP contribution in [0.2, 0.25) is 10.0 Å². The fourth-order valence-electron chi connectivity index (χ4n) is 2.65. The molecule has 0 aliphatic carbocycles. The highest BCUT2D eigenvalue weighted by Gasteiger charge is 2.18. The molecule has 2 aromatic heterocycles. The second kappa shape index (κ2) is 8.31. The van der Waals surface area contributed by atoms with Crippen LogP contribution in [-0.2, 0) is 5.75 Å². The lowest BCUT2D eigenvalue weighted by Gasteiger charge is -2.11. The second-order valence-electron chi connectivity index (χ2n) is 5.82. The highest BCUT2D eigenvalue weighted by atomic mass is 35.5. The van der Waals surface area contributed by atoms with Gasteiger partial charge in [0.05, 0.1) is 0 Å². The third-order valence-electron chi connectivity index (χ3n) is 4.02. The molecule has 0 unspecified atom stereocenters. The van der Waals surface area contributed by atoms with Crippen LogP contribution in [0.15, 0.2) is 72.0 Å². The van der Waals surface area contributed by atoms with Crippen molar-refractivity contribution in [1.29, 1.82) is 0 Å². The molecule has 0 saturated carbocycles. The van der Waals surface area contributed by atoms with Crippen LogP contribution in [0.1, 0.15) is 5.56 Å². The molecule has 4 rings (SSSR count). The number of hydrogen-bond acceptors (Lipinski definition) is 4. The zero-order chi connectivity index (χ0) is 19.5. The molecule has 2 heterocycles. The van der Waals surface area contributed by atoms with Gasteiger partial charge < -0.3 is 0 Å². The van der Waals surface area contributed by atoms with E-state index in [4.69, 9.17) is 23.2 Å². The summed E-state index contributed by atoms with van der Waals surface area (Å²) in [6.45, 7) is 0. The fourth-order valence-corrected chi connectivity index (χ4v) is 4.08. The molecule has 0 N–H and O–H groups in total. The predicted octanol–water partition coefficient (Wildman–Crippen LogP) is 6.07. The predicted molar refractivity (Wildman–Crippen MR) is 111 cm³/mol. The van der Waals surface area contributed by atoms with Gasteiger partial charge in [-0.2, -0.15) is 0 Å². The van der Waals surface area contributed by atoms with Crippen LogP contribution in [-0.4, -0.2) is 19.7 Å². The van der Waals surface area contributed by atoms with Crippen LogP contribution in [0.4, 0.5) is 4.39 Å². The molecule has 0 aliphatic heterocycles. The summed E-state index contributed by atoms with van der Waals surface area (Å²) in [5, 5.41) is 10.2. The Kier molecular flexibility index (Phi) is 5.62. The first-order valence-electron chi connectivity index (χ1n) is 8.32. The number of thioether (sulfide) groups is 1. The minimum absolute atomic E-state index is 0.319. The maximum absolute atomic E-state index is 14.1. The van der Waals surface area contributed by atoms with Gasteiger partial charge >= 0.3 is 0 Å². The normalized spacial score (nSPS) is 11.0. The number of hydrogen-bond donors (Lipinski definition) is 0.